The first-order chi connectivity index (χ1) is 7.45. The molecule has 16 heavy (non-hydrogen) atoms. The van der Waals surface area contributed by atoms with E-state index in [2.05, 4.69) is 0 Å². The number of ether oxygens (including phenoxy) is 1. The van der Waals surface area contributed by atoms with Crippen LogP contribution in [-0.2, 0) is 9.53 Å². The van der Waals surface area contributed by atoms with E-state index in [4.69, 9.17) is 16.2 Å². The van der Waals surface area contributed by atoms with Gasteiger partial charge in [0.25, 0.3) is 5.91 Å². The normalized spacial score (nSPS) is 12.1. The summed E-state index contributed by atoms with van der Waals surface area (Å²) in [4.78, 5) is 23.7. The third-order valence-electron chi connectivity index (χ3n) is 2.09. The van der Waals surface area contributed by atoms with Crippen molar-refractivity contribution >= 4 is 28.9 Å². The number of amides is 1. The molecule has 0 aliphatic heterocycles. The number of hydrogen-bond acceptors (Lipinski definition) is 5. The lowest BCUT2D eigenvalue weighted by atomic mass is 10.2. The summed E-state index contributed by atoms with van der Waals surface area (Å²) in [6.45, 7) is 3.53. The minimum absolute atomic E-state index is 0.362. The molecular weight excluding hydrogens is 228 g/mol. The second-order valence-electron chi connectivity index (χ2n) is 3.33. The third-order valence-corrected chi connectivity index (χ3v) is 3.14. The number of hydrogen-bond donors (Lipinski definition) is 2. The maximum absolute atomic E-state index is 11.6. The Morgan fingerprint density at radius 1 is 1.56 bits per heavy atom. The van der Waals surface area contributed by atoms with Gasteiger partial charge in [0.1, 0.15) is 4.88 Å². The van der Waals surface area contributed by atoms with Crippen molar-refractivity contribution < 1.29 is 14.3 Å². The maximum Gasteiger partial charge on any atom is 0.349 e. The number of primary amides is 1. The Bertz CT molecular complexity index is 395. The standard InChI is InChI=1S/C10H14N2O3S/c1-3-7(9(12)13)15-10(14)8-4-6(11)5(2)16-8/h4,7H,3,11H2,1-2H3,(H2,12,13). The molecule has 0 bridgehead atoms. The molecule has 1 amide bonds. The van der Waals surface area contributed by atoms with Gasteiger partial charge >= 0.3 is 5.97 Å². The number of rotatable bonds is 4. The minimum Gasteiger partial charge on any atom is -0.448 e. The topological polar surface area (TPSA) is 95.4 Å². The van der Waals surface area contributed by atoms with E-state index in [-0.39, 0.29) is 0 Å². The van der Waals surface area contributed by atoms with Crippen molar-refractivity contribution in [2.45, 2.75) is 26.4 Å². The SMILES string of the molecule is CCC(OC(=O)c1cc(N)c(C)s1)C(N)=O. The first kappa shape index (κ1) is 12.5. The monoisotopic (exact) mass is 242 g/mol. The molecule has 0 spiro atoms. The number of esters is 1. The van der Waals surface area contributed by atoms with E-state index in [1.54, 1.807) is 6.92 Å². The molecule has 1 unspecified atom stereocenters. The molecular formula is C10H14N2O3S. The number of nitrogen functional groups attached to an aromatic ring is 1. The van der Waals surface area contributed by atoms with Crippen LogP contribution < -0.4 is 11.5 Å². The van der Waals surface area contributed by atoms with Crippen LogP contribution in [0.4, 0.5) is 5.69 Å². The summed E-state index contributed by atoms with van der Waals surface area (Å²) in [7, 11) is 0. The molecule has 6 heteroatoms. The summed E-state index contributed by atoms with van der Waals surface area (Å²) in [6, 6.07) is 1.54. The zero-order valence-corrected chi connectivity index (χ0v) is 9.97. The van der Waals surface area contributed by atoms with Crippen molar-refractivity contribution in [1.29, 1.82) is 0 Å². The van der Waals surface area contributed by atoms with Gasteiger partial charge in [-0.25, -0.2) is 4.79 Å². The first-order valence-electron chi connectivity index (χ1n) is 4.82. The van der Waals surface area contributed by atoms with E-state index in [9.17, 15) is 9.59 Å². The molecule has 1 rings (SSSR count). The van der Waals surface area contributed by atoms with E-state index in [1.165, 1.54) is 17.4 Å². The molecule has 0 fully saturated rings. The molecule has 1 atom stereocenters. The van der Waals surface area contributed by atoms with Gasteiger partial charge in [0, 0.05) is 10.6 Å². The Morgan fingerprint density at radius 3 is 2.56 bits per heavy atom. The molecule has 0 saturated carbocycles. The zero-order valence-electron chi connectivity index (χ0n) is 9.15. The highest BCUT2D eigenvalue weighted by molar-refractivity contribution is 7.14. The first-order valence-corrected chi connectivity index (χ1v) is 5.63. The Balaban J connectivity index is 2.75. The predicted octanol–water partition coefficient (Wildman–Crippen LogP) is 1.06. The van der Waals surface area contributed by atoms with E-state index in [1.807, 2.05) is 6.92 Å². The molecule has 0 aliphatic rings. The van der Waals surface area contributed by atoms with E-state index < -0.39 is 18.0 Å². The van der Waals surface area contributed by atoms with Crippen LogP contribution in [0.25, 0.3) is 0 Å². The highest BCUT2D eigenvalue weighted by Gasteiger charge is 2.20. The minimum atomic E-state index is -0.879. The number of thiophene rings is 1. The van der Waals surface area contributed by atoms with Gasteiger partial charge < -0.3 is 16.2 Å². The van der Waals surface area contributed by atoms with E-state index in [0.717, 1.165) is 4.88 Å². The summed E-state index contributed by atoms with van der Waals surface area (Å²) in [5, 5.41) is 0. The van der Waals surface area contributed by atoms with Crippen LogP contribution in [0.1, 0.15) is 27.9 Å². The van der Waals surface area contributed by atoms with Crippen molar-refractivity contribution in [2.75, 3.05) is 5.73 Å². The number of carbonyl (C=O) groups excluding carboxylic acids is 2. The fraction of sp³-hybridized carbons (Fsp3) is 0.400. The highest BCUT2D eigenvalue weighted by atomic mass is 32.1. The number of nitrogens with two attached hydrogens (primary N) is 2. The molecule has 0 aliphatic carbocycles. The van der Waals surface area contributed by atoms with Gasteiger partial charge in [0.2, 0.25) is 0 Å². The average Bonchev–Trinajstić information content (AvgIpc) is 2.55. The zero-order chi connectivity index (χ0) is 12.3. The Kier molecular flexibility index (Phi) is 3.89. The quantitative estimate of drug-likeness (QED) is 0.772. The average molecular weight is 242 g/mol. The fourth-order valence-corrected chi connectivity index (χ4v) is 1.95. The van der Waals surface area contributed by atoms with Gasteiger partial charge in [-0.15, -0.1) is 11.3 Å². The predicted molar refractivity (Wildman–Crippen MR) is 62.2 cm³/mol. The highest BCUT2D eigenvalue weighted by Crippen LogP contribution is 2.24. The largest absolute Gasteiger partial charge is 0.448 e. The van der Waals surface area contributed by atoms with Crippen LogP contribution in [0.15, 0.2) is 6.07 Å². The number of carbonyl (C=O) groups is 2. The molecule has 4 N–H and O–H groups in total. The van der Waals surface area contributed by atoms with Crippen LogP contribution in [-0.4, -0.2) is 18.0 Å². The number of anilines is 1. The molecule has 5 nitrogen and oxygen atoms in total. The van der Waals surface area contributed by atoms with Crippen molar-refractivity contribution in [2.24, 2.45) is 5.73 Å². The molecule has 1 aromatic heterocycles. The van der Waals surface area contributed by atoms with Crippen LogP contribution in [0.5, 0.6) is 0 Å². The molecule has 1 aromatic rings. The molecule has 88 valence electrons. The Hall–Kier alpha value is -1.56. The van der Waals surface area contributed by atoms with Crippen molar-refractivity contribution in [3.05, 3.63) is 15.8 Å². The second kappa shape index (κ2) is 4.98. The van der Waals surface area contributed by atoms with Gasteiger partial charge in [-0.05, 0) is 19.4 Å². The van der Waals surface area contributed by atoms with Crippen LogP contribution in [0, 0.1) is 6.92 Å². The van der Waals surface area contributed by atoms with Gasteiger partial charge in [0.15, 0.2) is 6.10 Å². The summed E-state index contributed by atoms with van der Waals surface area (Å²) in [5.74, 6) is -1.20. The lowest BCUT2D eigenvalue weighted by Crippen LogP contribution is -2.32. The molecule has 1 heterocycles. The molecule has 0 saturated heterocycles. The van der Waals surface area contributed by atoms with E-state index >= 15 is 0 Å². The van der Waals surface area contributed by atoms with Gasteiger partial charge in [-0.2, -0.15) is 0 Å². The van der Waals surface area contributed by atoms with Crippen LogP contribution >= 0.6 is 11.3 Å². The van der Waals surface area contributed by atoms with E-state index in [0.29, 0.717) is 17.0 Å². The maximum atomic E-state index is 11.6. The third kappa shape index (κ3) is 2.73. The van der Waals surface area contributed by atoms with Crippen LogP contribution in [0.3, 0.4) is 0 Å². The Labute approximate surface area is 97.4 Å². The van der Waals surface area contributed by atoms with Gasteiger partial charge in [-0.3, -0.25) is 4.79 Å². The fourth-order valence-electron chi connectivity index (χ4n) is 1.13. The summed E-state index contributed by atoms with van der Waals surface area (Å²) in [5.41, 5.74) is 11.2. The summed E-state index contributed by atoms with van der Waals surface area (Å²) >= 11 is 1.23. The summed E-state index contributed by atoms with van der Waals surface area (Å²) < 4.78 is 4.96. The second-order valence-corrected chi connectivity index (χ2v) is 4.58. The van der Waals surface area contributed by atoms with Gasteiger partial charge in [-0.1, -0.05) is 6.92 Å². The lowest BCUT2D eigenvalue weighted by Gasteiger charge is -2.11. The van der Waals surface area contributed by atoms with Crippen LogP contribution in [0.2, 0.25) is 0 Å². The number of aryl methyl sites for hydroxylation is 1. The van der Waals surface area contributed by atoms with Crippen molar-refractivity contribution in [1.82, 2.24) is 0 Å². The molecule has 0 radical (unpaired) electrons. The lowest BCUT2D eigenvalue weighted by molar-refractivity contribution is -0.126. The Morgan fingerprint density at radius 2 is 2.19 bits per heavy atom. The summed E-state index contributed by atoms with van der Waals surface area (Å²) in [6.07, 6.45) is -0.517. The smallest absolute Gasteiger partial charge is 0.349 e. The van der Waals surface area contributed by atoms with Crippen molar-refractivity contribution in [3.8, 4) is 0 Å². The van der Waals surface area contributed by atoms with Crippen molar-refractivity contribution in [3.63, 3.8) is 0 Å². The molecule has 0 aromatic carbocycles. The van der Waals surface area contributed by atoms with Gasteiger partial charge in [0.05, 0.1) is 0 Å².